The second-order valence-electron chi connectivity index (χ2n) is 4.95. The Labute approximate surface area is 120 Å². The number of hydrogen-bond donors (Lipinski definition) is 1. The average molecular weight is 280 g/mol. The zero-order valence-electron chi connectivity index (χ0n) is 12.5. The second kappa shape index (κ2) is 8.55. The Morgan fingerprint density at radius 3 is 2.55 bits per heavy atom. The highest BCUT2D eigenvalue weighted by molar-refractivity contribution is 5.69. The van der Waals surface area contributed by atoms with Crippen LogP contribution in [-0.2, 0) is 11.3 Å². The monoisotopic (exact) mass is 280 g/mol. The average Bonchev–Trinajstić information content (AvgIpc) is 2.38. The van der Waals surface area contributed by atoms with E-state index in [4.69, 9.17) is 9.84 Å². The van der Waals surface area contributed by atoms with Gasteiger partial charge in [0.15, 0.2) is 0 Å². The first-order valence-electron chi connectivity index (χ1n) is 6.82. The van der Waals surface area contributed by atoms with Gasteiger partial charge < -0.3 is 14.7 Å². The summed E-state index contributed by atoms with van der Waals surface area (Å²) >= 11 is 0. The molecule has 0 heterocycles. The summed E-state index contributed by atoms with van der Waals surface area (Å²) in [6.45, 7) is 4.69. The van der Waals surface area contributed by atoms with Gasteiger partial charge in [-0.1, -0.05) is 18.2 Å². The van der Waals surface area contributed by atoms with Crippen LogP contribution < -0.4 is 4.74 Å². The van der Waals surface area contributed by atoms with E-state index in [9.17, 15) is 4.79 Å². The molecule has 0 aliphatic heterocycles. The SMILES string of the molecule is CCOc1ccccc1CN(CCN(C)C)CC(=O)O. The fraction of sp³-hybridized carbons (Fsp3) is 0.533. The van der Waals surface area contributed by atoms with Crippen LogP contribution in [0.4, 0.5) is 0 Å². The molecule has 0 aliphatic carbocycles. The third-order valence-electron chi connectivity index (χ3n) is 2.89. The maximum Gasteiger partial charge on any atom is 0.317 e. The number of benzene rings is 1. The summed E-state index contributed by atoms with van der Waals surface area (Å²) < 4.78 is 5.58. The smallest absolute Gasteiger partial charge is 0.317 e. The van der Waals surface area contributed by atoms with Crippen molar-refractivity contribution in [3.8, 4) is 5.75 Å². The second-order valence-corrected chi connectivity index (χ2v) is 4.95. The summed E-state index contributed by atoms with van der Waals surface area (Å²) in [6.07, 6.45) is 0. The van der Waals surface area contributed by atoms with Crippen LogP contribution in [0.15, 0.2) is 24.3 Å². The van der Waals surface area contributed by atoms with Gasteiger partial charge in [0.2, 0.25) is 0 Å². The van der Waals surface area contributed by atoms with Crippen molar-refractivity contribution >= 4 is 5.97 Å². The lowest BCUT2D eigenvalue weighted by Crippen LogP contribution is -2.35. The highest BCUT2D eigenvalue weighted by Crippen LogP contribution is 2.19. The standard InChI is InChI=1S/C15H24N2O3/c1-4-20-14-8-6-5-7-13(14)11-17(12-15(18)19)10-9-16(2)3/h5-8H,4,9-12H2,1-3H3,(H,18,19). The molecule has 5 nitrogen and oxygen atoms in total. The molecule has 0 saturated heterocycles. The molecular formula is C15H24N2O3. The summed E-state index contributed by atoms with van der Waals surface area (Å²) in [5.41, 5.74) is 1.02. The van der Waals surface area contributed by atoms with Gasteiger partial charge in [0.1, 0.15) is 5.75 Å². The third-order valence-corrected chi connectivity index (χ3v) is 2.89. The van der Waals surface area contributed by atoms with E-state index in [1.165, 1.54) is 0 Å². The van der Waals surface area contributed by atoms with Gasteiger partial charge in [0.05, 0.1) is 13.2 Å². The lowest BCUT2D eigenvalue weighted by atomic mass is 10.2. The Balaban J connectivity index is 2.74. The summed E-state index contributed by atoms with van der Waals surface area (Å²) in [7, 11) is 3.96. The van der Waals surface area contributed by atoms with Gasteiger partial charge in [-0.25, -0.2) is 0 Å². The van der Waals surface area contributed by atoms with Crippen LogP contribution in [0.1, 0.15) is 12.5 Å². The Hall–Kier alpha value is -1.59. The minimum atomic E-state index is -0.808. The van der Waals surface area contributed by atoms with E-state index >= 15 is 0 Å². The van der Waals surface area contributed by atoms with Crippen molar-refractivity contribution in [1.29, 1.82) is 0 Å². The molecule has 1 N–H and O–H groups in total. The van der Waals surface area contributed by atoms with Crippen LogP contribution >= 0.6 is 0 Å². The topological polar surface area (TPSA) is 53.0 Å². The lowest BCUT2D eigenvalue weighted by Gasteiger charge is -2.23. The van der Waals surface area contributed by atoms with E-state index in [1.807, 2.05) is 55.1 Å². The molecule has 0 atom stereocenters. The molecule has 0 fully saturated rings. The van der Waals surface area contributed by atoms with Gasteiger partial charge in [-0.05, 0) is 27.1 Å². The zero-order valence-corrected chi connectivity index (χ0v) is 12.5. The molecular weight excluding hydrogens is 256 g/mol. The van der Waals surface area contributed by atoms with Crippen molar-refractivity contribution in [2.45, 2.75) is 13.5 Å². The van der Waals surface area contributed by atoms with Gasteiger partial charge in [-0.3, -0.25) is 9.69 Å². The number of para-hydroxylation sites is 1. The van der Waals surface area contributed by atoms with E-state index in [2.05, 4.69) is 0 Å². The van der Waals surface area contributed by atoms with E-state index < -0.39 is 5.97 Å². The minimum absolute atomic E-state index is 0.0360. The number of ether oxygens (including phenoxy) is 1. The lowest BCUT2D eigenvalue weighted by molar-refractivity contribution is -0.138. The van der Waals surface area contributed by atoms with E-state index in [-0.39, 0.29) is 6.54 Å². The number of nitrogens with zero attached hydrogens (tertiary/aromatic N) is 2. The number of carboxylic acids is 1. The maximum absolute atomic E-state index is 11.0. The first-order valence-corrected chi connectivity index (χ1v) is 6.82. The highest BCUT2D eigenvalue weighted by atomic mass is 16.5. The number of likely N-dealkylation sites (N-methyl/N-ethyl adjacent to an activating group) is 1. The molecule has 0 amide bonds. The van der Waals surface area contributed by atoms with Crippen LogP contribution in [0.5, 0.6) is 5.75 Å². The first kappa shape index (κ1) is 16.5. The zero-order chi connectivity index (χ0) is 15.0. The molecule has 0 aromatic heterocycles. The van der Waals surface area contributed by atoms with Gasteiger partial charge in [0.25, 0.3) is 0 Å². The summed E-state index contributed by atoms with van der Waals surface area (Å²) in [5, 5.41) is 9.01. The molecule has 112 valence electrons. The largest absolute Gasteiger partial charge is 0.494 e. The van der Waals surface area contributed by atoms with Crippen molar-refractivity contribution in [2.24, 2.45) is 0 Å². The van der Waals surface area contributed by atoms with Crippen LogP contribution in [0, 0.1) is 0 Å². The number of aliphatic carboxylic acids is 1. The summed E-state index contributed by atoms with van der Waals surface area (Å²) in [4.78, 5) is 14.9. The maximum atomic E-state index is 11.0. The molecule has 1 rings (SSSR count). The molecule has 5 heteroatoms. The van der Waals surface area contributed by atoms with Crippen molar-refractivity contribution in [2.75, 3.05) is 40.3 Å². The van der Waals surface area contributed by atoms with Crippen LogP contribution in [0.3, 0.4) is 0 Å². The number of carboxylic acid groups (broad SMARTS) is 1. The molecule has 0 radical (unpaired) electrons. The Morgan fingerprint density at radius 2 is 1.95 bits per heavy atom. The van der Waals surface area contributed by atoms with Gasteiger partial charge in [0, 0.05) is 25.2 Å². The summed E-state index contributed by atoms with van der Waals surface area (Å²) in [5.74, 6) is 0.0212. The number of carbonyl (C=O) groups is 1. The Bertz CT molecular complexity index is 421. The summed E-state index contributed by atoms with van der Waals surface area (Å²) in [6, 6.07) is 7.78. The van der Waals surface area contributed by atoms with Crippen molar-refractivity contribution in [3.63, 3.8) is 0 Å². The van der Waals surface area contributed by atoms with Gasteiger partial charge in [-0.2, -0.15) is 0 Å². The van der Waals surface area contributed by atoms with Crippen molar-refractivity contribution < 1.29 is 14.6 Å². The quantitative estimate of drug-likeness (QED) is 0.743. The normalized spacial score (nSPS) is 11.1. The Morgan fingerprint density at radius 1 is 1.25 bits per heavy atom. The molecule has 0 unspecified atom stereocenters. The fourth-order valence-corrected chi connectivity index (χ4v) is 1.92. The molecule has 1 aromatic carbocycles. The fourth-order valence-electron chi connectivity index (χ4n) is 1.92. The predicted octanol–water partition coefficient (Wildman–Crippen LogP) is 1.53. The minimum Gasteiger partial charge on any atom is -0.494 e. The van der Waals surface area contributed by atoms with Crippen LogP contribution in [0.25, 0.3) is 0 Å². The van der Waals surface area contributed by atoms with Crippen molar-refractivity contribution in [3.05, 3.63) is 29.8 Å². The van der Waals surface area contributed by atoms with Gasteiger partial charge >= 0.3 is 5.97 Å². The van der Waals surface area contributed by atoms with Gasteiger partial charge in [-0.15, -0.1) is 0 Å². The molecule has 0 saturated carbocycles. The van der Waals surface area contributed by atoms with E-state index in [0.29, 0.717) is 19.7 Å². The molecule has 1 aromatic rings. The third kappa shape index (κ3) is 6.04. The van der Waals surface area contributed by atoms with Crippen LogP contribution in [0.2, 0.25) is 0 Å². The number of rotatable bonds is 9. The van der Waals surface area contributed by atoms with E-state index in [0.717, 1.165) is 17.9 Å². The number of hydrogen-bond acceptors (Lipinski definition) is 4. The first-order chi connectivity index (χ1) is 9.52. The Kier molecular flexibility index (Phi) is 7.04. The van der Waals surface area contributed by atoms with Crippen LogP contribution in [-0.4, -0.2) is 61.2 Å². The highest BCUT2D eigenvalue weighted by Gasteiger charge is 2.13. The van der Waals surface area contributed by atoms with Crippen molar-refractivity contribution in [1.82, 2.24) is 9.80 Å². The molecule has 20 heavy (non-hydrogen) atoms. The molecule has 0 bridgehead atoms. The predicted molar refractivity (Wildman–Crippen MR) is 79.1 cm³/mol. The molecule has 0 aliphatic rings. The van der Waals surface area contributed by atoms with E-state index in [1.54, 1.807) is 0 Å². The molecule has 0 spiro atoms.